The number of hydrogen-bond acceptors (Lipinski definition) is 3. The number of para-hydroxylation sites is 1. The molecule has 0 unspecified atom stereocenters. The summed E-state index contributed by atoms with van der Waals surface area (Å²) in [6.45, 7) is 0.342. The molecule has 11 heteroatoms. The monoisotopic (exact) mass is 445 g/mol. The summed E-state index contributed by atoms with van der Waals surface area (Å²) >= 11 is 0. The highest BCUT2D eigenvalue weighted by Crippen LogP contribution is 2.29. The Labute approximate surface area is 173 Å². The number of aliphatic imine (C=N–C) groups is 1. The lowest BCUT2D eigenvalue weighted by Gasteiger charge is -2.32. The molecule has 0 spiro atoms. The van der Waals surface area contributed by atoms with Gasteiger partial charge in [0.1, 0.15) is 0 Å². The van der Waals surface area contributed by atoms with Crippen molar-refractivity contribution in [2.75, 3.05) is 26.7 Å². The van der Waals surface area contributed by atoms with Crippen LogP contribution in [0.2, 0.25) is 0 Å². The van der Waals surface area contributed by atoms with Gasteiger partial charge in [0.2, 0.25) is 0 Å². The van der Waals surface area contributed by atoms with Crippen LogP contribution in [0.1, 0.15) is 24.8 Å². The maximum Gasteiger partial charge on any atom is 0.511 e. The van der Waals surface area contributed by atoms with E-state index in [0.717, 1.165) is 18.4 Å². The van der Waals surface area contributed by atoms with Gasteiger partial charge in [-0.15, -0.1) is 0 Å². The first kappa shape index (κ1) is 22.4. The van der Waals surface area contributed by atoms with E-state index in [9.17, 15) is 21.6 Å². The van der Waals surface area contributed by atoms with E-state index in [1.807, 2.05) is 24.4 Å². The van der Waals surface area contributed by atoms with Crippen LogP contribution in [-0.2, 0) is 16.4 Å². The Hall–Kier alpha value is -2.27. The number of hydrogen-bond donors (Lipinski definition) is 3. The standard InChI is InChI=1S/C19H26F3N5O2S/c1-23-18(24-10-4-5-14-13-25-17-7-3-2-6-16(14)17)26-15-8-11-27(12-9-15)30(28,29)19(20,21)22/h2-3,6-7,13,15,25H,4-5,8-12H2,1H3,(H2,23,24,26). The lowest BCUT2D eigenvalue weighted by Crippen LogP contribution is -2.51. The zero-order valence-corrected chi connectivity index (χ0v) is 17.5. The summed E-state index contributed by atoms with van der Waals surface area (Å²) in [5, 5.41) is 7.59. The van der Waals surface area contributed by atoms with Crippen molar-refractivity contribution in [1.29, 1.82) is 0 Å². The molecule has 1 aromatic heterocycles. The third-order valence-electron chi connectivity index (χ3n) is 5.24. The number of piperidine rings is 1. The second kappa shape index (κ2) is 9.25. The summed E-state index contributed by atoms with van der Waals surface area (Å²) in [5.41, 5.74) is -2.90. The van der Waals surface area contributed by atoms with Crippen LogP contribution in [0.4, 0.5) is 13.2 Å². The van der Waals surface area contributed by atoms with E-state index in [-0.39, 0.29) is 32.0 Å². The van der Waals surface area contributed by atoms with E-state index < -0.39 is 15.5 Å². The number of benzene rings is 1. The van der Waals surface area contributed by atoms with Crippen LogP contribution in [0.15, 0.2) is 35.5 Å². The molecule has 2 heterocycles. The second-order valence-corrected chi connectivity index (χ2v) is 9.16. The predicted octanol–water partition coefficient (Wildman–Crippen LogP) is 2.58. The number of sulfonamides is 1. The van der Waals surface area contributed by atoms with Gasteiger partial charge >= 0.3 is 15.5 Å². The number of rotatable bonds is 6. The first-order valence-corrected chi connectivity index (χ1v) is 11.2. The molecule has 0 saturated carbocycles. The minimum atomic E-state index is -5.25. The fraction of sp³-hybridized carbons (Fsp3) is 0.526. The minimum Gasteiger partial charge on any atom is -0.361 e. The van der Waals surface area contributed by atoms with Gasteiger partial charge in [0.15, 0.2) is 5.96 Å². The molecule has 0 bridgehead atoms. The van der Waals surface area contributed by atoms with Crippen molar-refractivity contribution in [3.05, 3.63) is 36.0 Å². The average Bonchev–Trinajstić information content (AvgIpc) is 3.13. The highest BCUT2D eigenvalue weighted by atomic mass is 32.2. The van der Waals surface area contributed by atoms with Gasteiger partial charge in [-0.05, 0) is 37.3 Å². The number of H-pyrrole nitrogens is 1. The number of halogens is 3. The molecule has 2 aromatic rings. The normalized spacial score (nSPS) is 17.4. The highest BCUT2D eigenvalue weighted by molar-refractivity contribution is 7.90. The molecule has 3 N–H and O–H groups in total. The van der Waals surface area contributed by atoms with E-state index in [1.54, 1.807) is 7.05 Å². The fourth-order valence-electron chi connectivity index (χ4n) is 3.60. The van der Waals surface area contributed by atoms with Crippen molar-refractivity contribution in [3.63, 3.8) is 0 Å². The smallest absolute Gasteiger partial charge is 0.361 e. The second-order valence-electron chi connectivity index (χ2n) is 7.23. The van der Waals surface area contributed by atoms with Crippen LogP contribution in [0.25, 0.3) is 10.9 Å². The average molecular weight is 446 g/mol. The Bertz CT molecular complexity index is 979. The van der Waals surface area contributed by atoms with E-state index in [2.05, 4.69) is 26.7 Å². The number of aromatic nitrogens is 1. The van der Waals surface area contributed by atoms with Gasteiger partial charge in [0.25, 0.3) is 0 Å². The maximum absolute atomic E-state index is 12.7. The number of guanidine groups is 1. The van der Waals surface area contributed by atoms with Crippen molar-refractivity contribution >= 4 is 26.9 Å². The molecule has 1 aromatic carbocycles. The van der Waals surface area contributed by atoms with Gasteiger partial charge in [-0.2, -0.15) is 17.5 Å². The predicted molar refractivity (Wildman–Crippen MR) is 111 cm³/mol. The minimum absolute atomic E-state index is 0.135. The highest BCUT2D eigenvalue weighted by Gasteiger charge is 2.50. The van der Waals surface area contributed by atoms with Crippen LogP contribution in [0, 0.1) is 0 Å². The number of nitrogens with one attached hydrogen (secondary N) is 3. The number of aryl methyl sites for hydroxylation is 1. The molecule has 0 radical (unpaired) electrons. The third-order valence-corrected chi connectivity index (χ3v) is 6.87. The molecule has 1 saturated heterocycles. The Kier molecular flexibility index (Phi) is 6.91. The van der Waals surface area contributed by atoms with E-state index in [4.69, 9.17) is 0 Å². The van der Waals surface area contributed by atoms with E-state index >= 15 is 0 Å². The third kappa shape index (κ3) is 5.07. The molecular formula is C19H26F3N5O2S. The zero-order valence-electron chi connectivity index (χ0n) is 16.7. The quantitative estimate of drug-likeness (QED) is 0.362. The molecular weight excluding hydrogens is 419 g/mol. The molecule has 0 amide bonds. The molecule has 1 aliphatic rings. The van der Waals surface area contributed by atoms with Crippen LogP contribution < -0.4 is 10.6 Å². The molecule has 7 nitrogen and oxygen atoms in total. The Morgan fingerprint density at radius 3 is 2.63 bits per heavy atom. The first-order valence-electron chi connectivity index (χ1n) is 9.81. The van der Waals surface area contributed by atoms with E-state index in [0.29, 0.717) is 16.8 Å². The van der Waals surface area contributed by atoms with Crippen molar-refractivity contribution < 1.29 is 21.6 Å². The van der Waals surface area contributed by atoms with E-state index in [1.165, 1.54) is 10.9 Å². The van der Waals surface area contributed by atoms with Crippen LogP contribution in [0.3, 0.4) is 0 Å². The van der Waals surface area contributed by atoms with Gasteiger partial charge in [-0.3, -0.25) is 4.99 Å². The molecule has 30 heavy (non-hydrogen) atoms. The fourth-order valence-corrected chi connectivity index (χ4v) is 4.58. The van der Waals surface area contributed by atoms with Crippen molar-refractivity contribution in [2.45, 2.75) is 37.2 Å². The first-order chi connectivity index (χ1) is 14.2. The number of alkyl halides is 3. The lowest BCUT2D eigenvalue weighted by atomic mass is 10.1. The van der Waals surface area contributed by atoms with Crippen molar-refractivity contribution in [2.24, 2.45) is 4.99 Å². The zero-order chi connectivity index (χ0) is 21.8. The lowest BCUT2D eigenvalue weighted by molar-refractivity contribution is -0.0494. The Morgan fingerprint density at radius 2 is 1.97 bits per heavy atom. The number of fused-ring (bicyclic) bond motifs is 1. The van der Waals surface area contributed by atoms with Crippen molar-refractivity contribution in [3.8, 4) is 0 Å². The van der Waals surface area contributed by atoms with Crippen LogP contribution >= 0.6 is 0 Å². The summed E-state index contributed by atoms with van der Waals surface area (Å²) in [5.74, 6) is 0.561. The summed E-state index contributed by atoms with van der Waals surface area (Å²) in [4.78, 5) is 7.40. The summed E-state index contributed by atoms with van der Waals surface area (Å²) in [7, 11) is -3.63. The summed E-state index contributed by atoms with van der Waals surface area (Å²) < 4.78 is 61.5. The maximum atomic E-state index is 12.7. The van der Waals surface area contributed by atoms with Crippen molar-refractivity contribution in [1.82, 2.24) is 19.9 Å². The van der Waals surface area contributed by atoms with Gasteiger partial charge in [0.05, 0.1) is 0 Å². The molecule has 1 fully saturated rings. The Morgan fingerprint density at radius 1 is 1.27 bits per heavy atom. The molecule has 0 atom stereocenters. The molecule has 3 rings (SSSR count). The largest absolute Gasteiger partial charge is 0.511 e. The Balaban J connectivity index is 1.42. The summed E-state index contributed by atoms with van der Waals surface area (Å²) in [6, 6.07) is 7.98. The van der Waals surface area contributed by atoms with Gasteiger partial charge in [-0.25, -0.2) is 8.42 Å². The summed E-state index contributed by atoms with van der Waals surface area (Å²) in [6.07, 6.45) is 4.35. The van der Waals surface area contributed by atoms with Crippen LogP contribution in [-0.4, -0.2) is 61.9 Å². The number of nitrogens with zero attached hydrogens (tertiary/aromatic N) is 2. The van der Waals surface area contributed by atoms with Crippen LogP contribution in [0.5, 0.6) is 0 Å². The molecule has 0 aliphatic carbocycles. The topological polar surface area (TPSA) is 89.6 Å². The van der Waals surface area contributed by atoms with Gasteiger partial charge in [-0.1, -0.05) is 18.2 Å². The molecule has 166 valence electrons. The molecule has 1 aliphatic heterocycles. The van der Waals surface area contributed by atoms with Gasteiger partial charge < -0.3 is 15.6 Å². The number of aromatic amines is 1. The van der Waals surface area contributed by atoms with Gasteiger partial charge in [0, 0.05) is 49.8 Å². The SMILES string of the molecule is CN=C(NCCCc1c[nH]c2ccccc12)NC1CCN(S(=O)(=O)C(F)(F)F)CC1.